The average molecular weight is 1870 g/mol. The number of benzene rings is 5. The molecule has 0 amide bonds. The predicted molar refractivity (Wildman–Crippen MR) is 517 cm³/mol. The highest BCUT2D eigenvalue weighted by Gasteiger charge is 2.52. The molecule has 5 saturated carbocycles. The molecule has 20 nitrogen and oxygen atoms in total. The van der Waals surface area contributed by atoms with Gasteiger partial charge in [0.1, 0.15) is 0 Å². The first-order chi connectivity index (χ1) is 94.9. The SMILES string of the molecule is [2H]OC(C(=O)OC([2H])([2H])C#CC([2H])([2H])N(CC)CC)(c1c([2H])c([2H])c([2H])c([2H])c1[2H])C1([2H])C([2H])([2H])C([2H])([2H])C([2H])([2H])C([2H])([2H])C1([2H])[2H].[2H]OC(C(=O)OC([2H])([2H])C#CC([2H])([2H])N(CC)CC)(c1c([2H])c([2H])c([2H])c([2H])c1[2H])C1CCCCC1.[2H]OC(C(=O)OC([2H])([2H])C#CC([2H])([2H])N(CC)CC)(c1ccccc1)C1([2H])C([2H])([2H])C([2H])([2H])C([2H])([2H])C([2H])([2H])C1([2H])[2H].[2H]OC(C(=O)OC([2H])([2H])C#CC([2H])([2H])N(CC)CC)(c1ccccc1)C1CCCCC1.[2H]OC(C(=O)OC([2H])([2H])C#CCN(C([2H])([2H])C([2H])([2H])[2H])C([2H])([2H])C([2H])([2H])[2H])(c1c([2H])c([2H])c([2H])c([2H])c1[2H])C1([2H])C([2H])([2H])C([2H])([2H])C([2H])([2H])C([2H])([2H])C1([2H])[2H]. The molecular weight excluding hydrogens is 1630 g/mol. The molecule has 10 rings (SSSR count). The van der Waals surface area contributed by atoms with Crippen LogP contribution in [0.3, 0.4) is 0 Å². The third-order valence-corrected chi connectivity index (χ3v) is 19.1. The van der Waals surface area contributed by atoms with E-state index >= 15 is 0 Å². The molecule has 0 aromatic heterocycles. The van der Waals surface area contributed by atoms with Crippen LogP contribution in [0, 0.1) is 88.7 Å². The van der Waals surface area contributed by atoms with Crippen LogP contribution in [0.25, 0.3) is 0 Å². The van der Waals surface area contributed by atoms with Gasteiger partial charge in [-0.3, -0.25) is 24.5 Å². The van der Waals surface area contributed by atoms with Crippen LogP contribution in [0.1, 0.15) is 361 Å². The smallest absolute Gasteiger partial charge is 0.344 e. The molecule has 5 atom stereocenters. The van der Waals surface area contributed by atoms with Gasteiger partial charge in [0.2, 0.25) is 7.16 Å². The molecule has 0 heterocycles. The molecule has 5 aromatic rings. The number of ether oxygens (including phenoxy) is 5. The molecule has 0 saturated heterocycles. The second kappa shape index (κ2) is 61.5. The molecule has 5 N–H and O–H groups in total. The fourth-order valence-electron chi connectivity index (χ4n) is 12.0. The molecular formula is C110H155N5O15. The summed E-state index contributed by atoms with van der Waals surface area (Å²) >= 11 is 0. The lowest BCUT2D eigenvalue weighted by molar-refractivity contribution is -0.174. The molecule has 710 valence electrons. The first kappa shape index (κ1) is 40.6. The third kappa shape index (κ3) is 33.8. The van der Waals surface area contributed by atoms with E-state index in [0.29, 0.717) is 70.3 Å². The first-order valence-electron chi connectivity index (χ1n) is 80.6. The Morgan fingerprint density at radius 2 is 0.592 bits per heavy atom. The standard InChI is InChI=1S/5C22H31NO3/c5*1-3-23(4-2)17-11-12-18-26-21(24)22(25,19-13-7-5-8-14-19)20-15-9-6-10-16-20/h5*5,7-8,13-14,20,25H,3-4,6,9-10,15-18H2,1-2H3/i1D3,2D3,3D2,4D2,5D,6D2,7D,8D,9D2,10D2,13D,14D,15D2,16D2,18D2,20D,25D;5D,6D2,7D,8D,9D2,10D2,13D,14D,15D2,16D2,17D2,18D2,20D,25D;6D2,9D2,10D2,15D2,16D2,17D2,18D2,20D,25D;5D,7D,8D,13D,14D,17D2,18D2,25D;17D2,18D2,25D. The van der Waals surface area contributed by atoms with E-state index < -0.39 is 387 Å². The molecule has 5 aliphatic rings. The Hall–Kier alpha value is -9.15. The van der Waals surface area contributed by atoms with E-state index in [1.807, 2.05) is 17.8 Å². The third-order valence-electron chi connectivity index (χ3n) is 19.1. The van der Waals surface area contributed by atoms with E-state index in [2.05, 4.69) is 42.6 Å². The van der Waals surface area contributed by atoms with E-state index in [1.165, 1.54) is 52.7 Å². The number of carbonyl (C=O) groups is 5. The normalized spacial score (nSPS) is 34.2. The van der Waals surface area contributed by atoms with E-state index in [9.17, 15) is 26.7 Å². The maximum absolute atomic E-state index is 14.3. The summed E-state index contributed by atoms with van der Waals surface area (Å²) in [7, 11) is 0. The van der Waals surface area contributed by atoms with Crippen molar-refractivity contribution < 1.29 is 177 Å². The van der Waals surface area contributed by atoms with Crippen LogP contribution in [0.5, 0.6) is 0 Å². The van der Waals surface area contributed by atoms with Crippen molar-refractivity contribution in [2.75, 3.05) is 131 Å². The van der Waals surface area contributed by atoms with Gasteiger partial charge in [0, 0.05) is 88.5 Å². The molecule has 5 fully saturated rings. The Morgan fingerprint density at radius 3 is 0.862 bits per heavy atom. The van der Waals surface area contributed by atoms with E-state index in [-0.39, 0.29) is 32.1 Å². The Labute approximate surface area is 894 Å². The number of nitrogens with zero attached hydrogens (tertiary/aromatic N) is 5. The lowest BCUT2D eigenvalue weighted by atomic mass is 9.73. The number of esters is 5. The zero-order valence-electron chi connectivity index (χ0n) is 153. The van der Waals surface area contributed by atoms with Gasteiger partial charge in [-0.1, -0.05) is 375 Å². The number of hydrogen-bond acceptors (Lipinski definition) is 20. The van der Waals surface area contributed by atoms with Gasteiger partial charge in [0.15, 0.2) is 60.8 Å². The lowest BCUT2D eigenvalue weighted by Crippen LogP contribution is -2.45. The fourth-order valence-corrected chi connectivity index (χ4v) is 12.0. The summed E-state index contributed by atoms with van der Waals surface area (Å²) in [6.45, 7) is -28.2. The largest absolute Gasteiger partial charge is 0.450 e. The van der Waals surface area contributed by atoms with Crippen molar-refractivity contribution in [2.45, 2.75) is 257 Å². The van der Waals surface area contributed by atoms with E-state index in [4.69, 9.17) is 133 Å². The number of hydrogen-bond donors (Lipinski definition) is 5. The Bertz CT molecular complexity index is 8270. The highest BCUT2D eigenvalue weighted by atomic mass is 16.6. The minimum atomic E-state index is -4.91. The highest BCUT2D eigenvalue weighted by Crippen LogP contribution is 2.46. The van der Waals surface area contributed by atoms with Crippen molar-refractivity contribution >= 4 is 29.8 Å². The monoisotopic (exact) mass is 1870 g/mol. The predicted octanol–water partition coefficient (Wildman–Crippen LogP) is 16.7. The van der Waals surface area contributed by atoms with Gasteiger partial charge in [0.05, 0.1) is 77.8 Å². The van der Waals surface area contributed by atoms with Crippen LogP contribution in [-0.2, 0) is 75.7 Å². The molecule has 5 unspecified atom stereocenters. The minimum Gasteiger partial charge on any atom is -0.450 e. The van der Waals surface area contributed by atoms with Crippen LogP contribution in [0.15, 0.2) is 151 Å². The summed E-state index contributed by atoms with van der Waals surface area (Å²) in [6, 6.07) is -4.24. The number of carbonyl (C=O) groups excluding carboxylic acids is 5. The quantitative estimate of drug-likeness (QED) is 0.0139. The molecule has 0 bridgehead atoms. The van der Waals surface area contributed by atoms with Gasteiger partial charge < -0.3 is 49.2 Å². The van der Waals surface area contributed by atoms with Crippen molar-refractivity contribution in [3.05, 3.63) is 179 Å². The average Bonchev–Trinajstić information content (AvgIpc) is 0.642. The topological polar surface area (TPSA) is 249 Å². The summed E-state index contributed by atoms with van der Waals surface area (Å²) in [5.41, 5.74) is -22.0. The Balaban J connectivity index is 0.000000400. The van der Waals surface area contributed by atoms with Crippen molar-refractivity contribution in [1.82, 2.24) is 24.5 Å². The number of aliphatic hydroxyl groups is 5. The summed E-state index contributed by atoms with van der Waals surface area (Å²) in [5, 5.41) is 23.3. The molecule has 0 aliphatic heterocycles. The Kier molecular flexibility index (Phi) is 19.2. The molecule has 5 aromatic carbocycles. The molecule has 20 heteroatoms. The molecule has 5 aliphatic carbocycles. The summed E-state index contributed by atoms with van der Waals surface area (Å²) in [6.07, 6.45) is -58.3. The van der Waals surface area contributed by atoms with E-state index in [1.54, 1.807) is 89.6 Å². The summed E-state index contributed by atoms with van der Waals surface area (Å²) in [4.78, 5) is 73.8. The molecule has 0 radical (unpaired) electrons. The number of rotatable bonds is 40. The van der Waals surface area contributed by atoms with Crippen molar-refractivity contribution in [1.29, 1.82) is 7.16 Å². The van der Waals surface area contributed by atoms with Gasteiger partial charge >= 0.3 is 29.8 Å². The van der Waals surface area contributed by atoms with Gasteiger partial charge in [0.25, 0.3) is 0 Å². The van der Waals surface area contributed by atoms with Crippen LogP contribution in [0.4, 0.5) is 0 Å². The second-order valence-electron chi connectivity index (χ2n) is 26.6. The van der Waals surface area contributed by atoms with Gasteiger partial charge in [-0.05, 0) is 157 Å². The van der Waals surface area contributed by atoms with Gasteiger partial charge in [-0.25, -0.2) is 24.0 Å². The molecule has 130 heavy (non-hydrogen) atoms. The minimum absolute atomic E-state index is 0.0647. The van der Waals surface area contributed by atoms with E-state index in [0.717, 1.165) is 42.7 Å². The van der Waals surface area contributed by atoms with Crippen molar-refractivity contribution in [2.24, 2.45) is 29.5 Å². The van der Waals surface area contributed by atoms with Crippen LogP contribution < -0.4 is 0 Å². The maximum Gasteiger partial charge on any atom is 0.344 e. The summed E-state index contributed by atoms with van der Waals surface area (Å²) < 4.78 is 686. The van der Waals surface area contributed by atoms with Crippen LogP contribution in [0.2, 0.25) is 0 Å². The lowest BCUT2D eigenvalue weighted by Gasteiger charge is -2.36. The van der Waals surface area contributed by atoms with Crippen LogP contribution >= 0.6 is 0 Å². The Morgan fingerprint density at radius 1 is 0.346 bits per heavy atom. The highest BCUT2D eigenvalue weighted by molar-refractivity contribution is 5.84. The fraction of sp³-hybridized carbons (Fsp3) is 0.591. The van der Waals surface area contributed by atoms with Gasteiger partial charge in [-0.2, -0.15) is 0 Å². The zero-order chi connectivity index (χ0) is 165. The maximum atomic E-state index is 14.3. The molecule has 0 spiro atoms. The van der Waals surface area contributed by atoms with Crippen molar-refractivity contribution in [3.63, 3.8) is 0 Å². The van der Waals surface area contributed by atoms with Crippen molar-refractivity contribution in [3.8, 4) is 59.2 Å². The second-order valence-corrected chi connectivity index (χ2v) is 26.6. The first-order valence-corrected chi connectivity index (χ1v) is 40.6. The van der Waals surface area contributed by atoms with Gasteiger partial charge in [-0.15, -0.1) is 0 Å². The zero-order valence-corrected chi connectivity index (χ0v) is 72.2. The van der Waals surface area contributed by atoms with Crippen LogP contribution in [-0.4, -0.2) is 218 Å². The summed E-state index contributed by atoms with van der Waals surface area (Å²) in [5.74, 6) is -6.38.